The zero-order valence-corrected chi connectivity index (χ0v) is 14.4. The minimum atomic E-state index is -3.23. The van der Waals surface area contributed by atoms with E-state index >= 15 is 0 Å². The zero-order valence-electron chi connectivity index (χ0n) is 13.5. The SMILES string of the molecule is COP(=O)(OC1(C)CCC(C(C)C)CC1)c1ccccc1. The summed E-state index contributed by atoms with van der Waals surface area (Å²) < 4.78 is 24.4. The van der Waals surface area contributed by atoms with Gasteiger partial charge in [0, 0.05) is 7.11 Å². The van der Waals surface area contributed by atoms with E-state index in [1.54, 1.807) is 0 Å². The van der Waals surface area contributed by atoms with E-state index in [1.807, 2.05) is 30.3 Å². The maximum absolute atomic E-state index is 13.0. The largest absolute Gasteiger partial charge is 0.361 e. The third-order valence-electron chi connectivity index (χ3n) is 4.68. The predicted molar refractivity (Wildman–Crippen MR) is 87.0 cm³/mol. The highest BCUT2D eigenvalue weighted by Gasteiger charge is 2.40. The molecule has 1 aromatic carbocycles. The molecule has 1 aliphatic rings. The molecule has 0 N–H and O–H groups in total. The summed E-state index contributed by atoms with van der Waals surface area (Å²) in [7, 11) is -1.76. The molecule has 118 valence electrons. The predicted octanol–water partition coefficient (Wildman–Crippen LogP) is 4.77. The molecule has 0 radical (unpaired) electrons. The Morgan fingerprint density at radius 1 is 1.19 bits per heavy atom. The highest BCUT2D eigenvalue weighted by molar-refractivity contribution is 7.62. The van der Waals surface area contributed by atoms with Crippen LogP contribution in [0.3, 0.4) is 0 Å². The van der Waals surface area contributed by atoms with Crippen molar-refractivity contribution in [1.29, 1.82) is 0 Å². The van der Waals surface area contributed by atoms with Crippen LogP contribution in [0.5, 0.6) is 0 Å². The van der Waals surface area contributed by atoms with Crippen LogP contribution in [0, 0.1) is 11.8 Å². The van der Waals surface area contributed by atoms with Gasteiger partial charge in [0.05, 0.1) is 10.9 Å². The Bertz CT molecular complexity index is 490. The van der Waals surface area contributed by atoms with Crippen molar-refractivity contribution in [2.75, 3.05) is 7.11 Å². The van der Waals surface area contributed by atoms with Crippen LogP contribution in [-0.4, -0.2) is 12.7 Å². The number of rotatable bonds is 5. The molecule has 0 saturated heterocycles. The summed E-state index contributed by atoms with van der Waals surface area (Å²) in [6, 6.07) is 9.25. The molecule has 1 fully saturated rings. The number of hydrogen-bond acceptors (Lipinski definition) is 3. The summed E-state index contributed by atoms with van der Waals surface area (Å²) in [6.07, 6.45) is 4.14. The van der Waals surface area contributed by atoms with Gasteiger partial charge in [-0.15, -0.1) is 0 Å². The lowest BCUT2D eigenvalue weighted by molar-refractivity contribution is 0.0158. The summed E-state index contributed by atoms with van der Waals surface area (Å²) in [5.74, 6) is 1.46. The fourth-order valence-corrected chi connectivity index (χ4v) is 4.80. The van der Waals surface area contributed by atoms with Crippen LogP contribution in [0.15, 0.2) is 30.3 Å². The third-order valence-corrected chi connectivity index (χ3v) is 6.78. The van der Waals surface area contributed by atoms with Crippen molar-refractivity contribution in [3.8, 4) is 0 Å². The fraction of sp³-hybridized carbons (Fsp3) is 0.647. The Morgan fingerprint density at radius 2 is 1.76 bits per heavy atom. The second-order valence-electron chi connectivity index (χ2n) is 6.64. The van der Waals surface area contributed by atoms with Gasteiger partial charge < -0.3 is 4.52 Å². The van der Waals surface area contributed by atoms with Crippen LogP contribution in [0.4, 0.5) is 0 Å². The number of benzene rings is 1. The highest BCUT2D eigenvalue weighted by atomic mass is 31.2. The van der Waals surface area contributed by atoms with Gasteiger partial charge in [0.25, 0.3) is 0 Å². The summed E-state index contributed by atoms with van der Waals surface area (Å²) >= 11 is 0. The molecule has 0 amide bonds. The lowest BCUT2D eigenvalue weighted by Crippen LogP contribution is -2.35. The van der Waals surface area contributed by atoms with E-state index in [-0.39, 0.29) is 5.60 Å². The topological polar surface area (TPSA) is 35.5 Å². The van der Waals surface area contributed by atoms with E-state index in [1.165, 1.54) is 7.11 Å². The second kappa shape index (κ2) is 6.64. The standard InChI is InChI=1S/C17H27O3P/c1-14(2)15-10-12-17(3,13-11-15)20-21(18,19-4)16-8-6-5-7-9-16/h5-9,14-15H,10-13H2,1-4H3. The normalized spacial score (nSPS) is 29.3. The third kappa shape index (κ3) is 3.97. The first kappa shape index (κ1) is 16.7. The molecule has 1 atom stereocenters. The van der Waals surface area contributed by atoms with E-state index in [0.29, 0.717) is 11.2 Å². The van der Waals surface area contributed by atoms with Gasteiger partial charge in [-0.2, -0.15) is 0 Å². The van der Waals surface area contributed by atoms with Gasteiger partial charge in [-0.05, 0) is 56.6 Å². The number of hydrogen-bond donors (Lipinski definition) is 0. The molecular weight excluding hydrogens is 283 g/mol. The average Bonchev–Trinajstić information content (AvgIpc) is 2.48. The van der Waals surface area contributed by atoms with Gasteiger partial charge in [-0.3, -0.25) is 9.09 Å². The Morgan fingerprint density at radius 3 is 2.24 bits per heavy atom. The molecule has 3 nitrogen and oxygen atoms in total. The molecule has 1 saturated carbocycles. The molecule has 0 heterocycles. The lowest BCUT2D eigenvalue weighted by Gasteiger charge is -2.40. The Kier molecular flexibility index (Phi) is 5.29. The van der Waals surface area contributed by atoms with Gasteiger partial charge in [-0.25, -0.2) is 0 Å². The van der Waals surface area contributed by atoms with Crippen molar-refractivity contribution in [1.82, 2.24) is 0 Å². The molecule has 0 aromatic heterocycles. The minimum absolute atomic E-state index is 0.354. The van der Waals surface area contributed by atoms with Crippen molar-refractivity contribution >= 4 is 12.9 Å². The average molecular weight is 310 g/mol. The van der Waals surface area contributed by atoms with Crippen LogP contribution in [0.2, 0.25) is 0 Å². The summed E-state index contributed by atoms with van der Waals surface area (Å²) in [6.45, 7) is 6.62. The maximum atomic E-state index is 13.0. The van der Waals surface area contributed by atoms with Crippen LogP contribution in [-0.2, 0) is 13.6 Å². The molecule has 1 unspecified atom stereocenters. The van der Waals surface area contributed by atoms with E-state index < -0.39 is 7.60 Å². The Labute approximate surface area is 128 Å². The molecule has 2 rings (SSSR count). The van der Waals surface area contributed by atoms with Crippen LogP contribution < -0.4 is 5.30 Å². The molecule has 1 aliphatic carbocycles. The molecule has 1 aromatic rings. The zero-order chi connectivity index (χ0) is 15.5. The van der Waals surface area contributed by atoms with Crippen LogP contribution in [0.1, 0.15) is 46.5 Å². The molecule has 21 heavy (non-hydrogen) atoms. The quantitative estimate of drug-likeness (QED) is 0.735. The summed E-state index contributed by atoms with van der Waals surface area (Å²) in [5, 5.41) is 0.639. The highest BCUT2D eigenvalue weighted by Crippen LogP contribution is 2.53. The van der Waals surface area contributed by atoms with Gasteiger partial charge in [0.15, 0.2) is 0 Å². The van der Waals surface area contributed by atoms with Gasteiger partial charge in [-0.1, -0.05) is 32.0 Å². The Hall–Kier alpha value is -0.630. The smallest absolute Gasteiger partial charge is 0.309 e. The first-order chi connectivity index (χ1) is 9.88. The molecule has 4 heteroatoms. The van der Waals surface area contributed by atoms with Gasteiger partial charge in [0.2, 0.25) is 0 Å². The Balaban J connectivity index is 2.11. The van der Waals surface area contributed by atoms with E-state index in [4.69, 9.17) is 9.05 Å². The van der Waals surface area contributed by atoms with Crippen molar-refractivity contribution in [3.63, 3.8) is 0 Å². The van der Waals surface area contributed by atoms with Crippen LogP contribution >= 0.6 is 7.60 Å². The maximum Gasteiger partial charge on any atom is 0.361 e. The second-order valence-corrected chi connectivity index (χ2v) is 8.70. The van der Waals surface area contributed by atoms with Crippen molar-refractivity contribution in [2.24, 2.45) is 11.8 Å². The van der Waals surface area contributed by atoms with Crippen LogP contribution in [0.25, 0.3) is 0 Å². The van der Waals surface area contributed by atoms with E-state index in [2.05, 4.69) is 20.8 Å². The van der Waals surface area contributed by atoms with Gasteiger partial charge in [0.1, 0.15) is 0 Å². The van der Waals surface area contributed by atoms with E-state index in [9.17, 15) is 4.57 Å². The monoisotopic (exact) mass is 310 g/mol. The van der Waals surface area contributed by atoms with E-state index in [0.717, 1.165) is 31.6 Å². The molecule has 0 bridgehead atoms. The minimum Gasteiger partial charge on any atom is -0.309 e. The summed E-state index contributed by atoms with van der Waals surface area (Å²) in [4.78, 5) is 0. The molecule has 0 aliphatic heterocycles. The lowest BCUT2D eigenvalue weighted by atomic mass is 9.75. The van der Waals surface area contributed by atoms with Crippen molar-refractivity contribution < 1.29 is 13.6 Å². The van der Waals surface area contributed by atoms with Crippen molar-refractivity contribution in [2.45, 2.75) is 52.1 Å². The molecule has 0 spiro atoms. The first-order valence-electron chi connectivity index (χ1n) is 7.81. The fourth-order valence-electron chi connectivity index (χ4n) is 3.10. The van der Waals surface area contributed by atoms with Crippen molar-refractivity contribution in [3.05, 3.63) is 30.3 Å². The summed E-state index contributed by atoms with van der Waals surface area (Å²) in [5.41, 5.74) is -0.354. The molecular formula is C17H27O3P. The van der Waals surface area contributed by atoms with Gasteiger partial charge >= 0.3 is 7.60 Å². The first-order valence-corrected chi connectivity index (χ1v) is 9.35.